The van der Waals surface area contributed by atoms with Crippen LogP contribution < -0.4 is 5.32 Å². The molecule has 14 heavy (non-hydrogen) atoms. The molecule has 2 nitrogen and oxygen atoms in total. The Labute approximate surface area is 81.9 Å². The monoisotopic (exact) mass is 200 g/mol. The van der Waals surface area contributed by atoms with Crippen molar-refractivity contribution in [2.24, 2.45) is 0 Å². The summed E-state index contributed by atoms with van der Waals surface area (Å²) in [5, 5.41) is 3.31. The molecule has 4 heteroatoms. The highest BCUT2D eigenvalue weighted by Crippen LogP contribution is 2.19. The fourth-order valence-corrected chi connectivity index (χ4v) is 1.47. The molecule has 1 aromatic rings. The van der Waals surface area contributed by atoms with Crippen molar-refractivity contribution >= 4 is 0 Å². The molecule has 1 heterocycles. The highest BCUT2D eigenvalue weighted by atomic mass is 19.3. The first-order valence-corrected chi connectivity index (χ1v) is 4.91. The van der Waals surface area contributed by atoms with Crippen molar-refractivity contribution in [1.29, 1.82) is 0 Å². The zero-order valence-electron chi connectivity index (χ0n) is 7.92. The Bertz CT molecular complexity index is 292. The van der Waals surface area contributed by atoms with Gasteiger partial charge in [-0.05, 0) is 25.0 Å². The highest BCUT2D eigenvalue weighted by Gasteiger charge is 2.20. The van der Waals surface area contributed by atoms with Gasteiger partial charge in [-0.25, -0.2) is 8.78 Å². The first-order valence-electron chi connectivity index (χ1n) is 4.91. The van der Waals surface area contributed by atoms with Gasteiger partial charge < -0.3 is 9.88 Å². The molecule has 0 radical (unpaired) electrons. The first kappa shape index (κ1) is 9.65. The molecule has 1 aliphatic carbocycles. The van der Waals surface area contributed by atoms with Gasteiger partial charge in [-0.15, -0.1) is 0 Å². The van der Waals surface area contributed by atoms with Gasteiger partial charge in [-0.2, -0.15) is 0 Å². The molecule has 0 bridgehead atoms. The first-order chi connectivity index (χ1) is 6.75. The quantitative estimate of drug-likeness (QED) is 0.769. The van der Waals surface area contributed by atoms with Crippen LogP contribution in [0.2, 0.25) is 0 Å². The lowest BCUT2D eigenvalue weighted by Gasteiger charge is -2.08. The van der Waals surface area contributed by atoms with Crippen LogP contribution in [0.5, 0.6) is 0 Å². The third kappa shape index (κ3) is 2.54. The molecule has 0 spiro atoms. The van der Waals surface area contributed by atoms with Crippen LogP contribution in [0.3, 0.4) is 0 Å². The van der Waals surface area contributed by atoms with Crippen LogP contribution >= 0.6 is 0 Å². The standard InChI is InChI=1S/C10H14F2N2/c11-10(12)7-14-5-1-2-9(14)6-13-8-3-4-8/h1-2,5,8,10,13H,3-4,6-7H2. The minimum absolute atomic E-state index is 0.200. The Hall–Kier alpha value is -0.900. The van der Waals surface area contributed by atoms with Crippen LogP contribution in [0.15, 0.2) is 18.3 Å². The Kier molecular flexibility index (Phi) is 2.82. The Morgan fingerprint density at radius 2 is 2.29 bits per heavy atom. The van der Waals surface area contributed by atoms with E-state index in [2.05, 4.69) is 5.32 Å². The van der Waals surface area contributed by atoms with E-state index in [0.717, 1.165) is 5.69 Å². The van der Waals surface area contributed by atoms with E-state index in [1.54, 1.807) is 10.8 Å². The van der Waals surface area contributed by atoms with Crippen LogP contribution in [0.4, 0.5) is 8.78 Å². The molecule has 1 saturated carbocycles. The maximum Gasteiger partial charge on any atom is 0.256 e. The van der Waals surface area contributed by atoms with E-state index in [9.17, 15) is 8.78 Å². The molecule has 0 aromatic carbocycles. The summed E-state index contributed by atoms with van der Waals surface area (Å²) in [7, 11) is 0. The van der Waals surface area contributed by atoms with Crippen LogP contribution in [0.25, 0.3) is 0 Å². The molecule has 0 amide bonds. The zero-order valence-corrected chi connectivity index (χ0v) is 7.92. The Balaban J connectivity index is 1.90. The van der Waals surface area contributed by atoms with Crippen LogP contribution in [-0.2, 0) is 13.1 Å². The van der Waals surface area contributed by atoms with E-state index < -0.39 is 6.43 Å². The maximum absolute atomic E-state index is 12.1. The minimum atomic E-state index is -2.28. The van der Waals surface area contributed by atoms with Crippen molar-refractivity contribution < 1.29 is 8.78 Å². The molecule has 0 atom stereocenters. The Morgan fingerprint density at radius 3 is 2.93 bits per heavy atom. The van der Waals surface area contributed by atoms with Gasteiger partial charge in [-0.3, -0.25) is 0 Å². The van der Waals surface area contributed by atoms with Crippen LogP contribution in [-0.4, -0.2) is 17.0 Å². The van der Waals surface area contributed by atoms with Gasteiger partial charge in [0.1, 0.15) is 0 Å². The van der Waals surface area contributed by atoms with Crippen molar-refractivity contribution in [1.82, 2.24) is 9.88 Å². The second kappa shape index (κ2) is 4.09. The van der Waals surface area contributed by atoms with Gasteiger partial charge in [0.2, 0.25) is 0 Å². The van der Waals surface area contributed by atoms with Gasteiger partial charge in [0.05, 0.1) is 6.54 Å². The number of halogens is 2. The molecule has 0 unspecified atom stereocenters. The van der Waals surface area contributed by atoms with E-state index in [1.807, 2.05) is 12.1 Å². The van der Waals surface area contributed by atoms with E-state index in [-0.39, 0.29) is 6.54 Å². The summed E-state index contributed by atoms with van der Waals surface area (Å²) >= 11 is 0. The minimum Gasteiger partial charge on any atom is -0.345 e. The fourth-order valence-electron chi connectivity index (χ4n) is 1.47. The van der Waals surface area contributed by atoms with E-state index in [1.165, 1.54) is 12.8 Å². The summed E-state index contributed by atoms with van der Waals surface area (Å²) in [5.74, 6) is 0. The van der Waals surface area contributed by atoms with Crippen LogP contribution in [0.1, 0.15) is 18.5 Å². The summed E-state index contributed by atoms with van der Waals surface area (Å²) < 4.78 is 25.9. The molecule has 2 rings (SSSR count). The van der Waals surface area contributed by atoms with Crippen molar-refractivity contribution in [3.8, 4) is 0 Å². The molecule has 0 aliphatic heterocycles. The molecule has 1 aliphatic rings. The number of hydrogen-bond acceptors (Lipinski definition) is 1. The molecule has 1 aromatic heterocycles. The fraction of sp³-hybridized carbons (Fsp3) is 0.600. The summed E-state index contributed by atoms with van der Waals surface area (Å²) in [6.45, 7) is 0.499. The highest BCUT2D eigenvalue weighted by molar-refractivity contribution is 5.07. The van der Waals surface area contributed by atoms with E-state index >= 15 is 0 Å². The molecule has 1 fully saturated rings. The van der Waals surface area contributed by atoms with Gasteiger partial charge in [0.15, 0.2) is 0 Å². The summed E-state index contributed by atoms with van der Waals surface area (Å²) in [6, 6.07) is 4.31. The van der Waals surface area contributed by atoms with Crippen molar-refractivity contribution in [3.05, 3.63) is 24.0 Å². The SMILES string of the molecule is FC(F)Cn1cccc1CNC1CC1. The van der Waals surface area contributed by atoms with Gasteiger partial charge in [-0.1, -0.05) is 0 Å². The largest absolute Gasteiger partial charge is 0.345 e. The van der Waals surface area contributed by atoms with Gasteiger partial charge in [0.25, 0.3) is 6.43 Å². The topological polar surface area (TPSA) is 17.0 Å². The van der Waals surface area contributed by atoms with Crippen LogP contribution in [0, 0.1) is 0 Å². The zero-order chi connectivity index (χ0) is 9.97. The maximum atomic E-state index is 12.1. The number of nitrogens with zero attached hydrogens (tertiary/aromatic N) is 1. The molecule has 0 saturated heterocycles. The lowest BCUT2D eigenvalue weighted by Crippen LogP contribution is -2.19. The normalized spacial score (nSPS) is 16.5. The summed E-state index contributed by atoms with van der Waals surface area (Å²) in [6.07, 6.45) is 1.86. The number of nitrogens with one attached hydrogen (secondary N) is 1. The van der Waals surface area contributed by atoms with Gasteiger partial charge >= 0.3 is 0 Å². The lowest BCUT2D eigenvalue weighted by molar-refractivity contribution is 0.125. The smallest absolute Gasteiger partial charge is 0.256 e. The van der Waals surface area contributed by atoms with E-state index in [0.29, 0.717) is 12.6 Å². The molecule has 78 valence electrons. The predicted molar refractivity (Wildman–Crippen MR) is 50.3 cm³/mol. The number of aromatic nitrogens is 1. The number of rotatable bonds is 5. The average molecular weight is 200 g/mol. The third-order valence-corrected chi connectivity index (χ3v) is 2.41. The summed E-state index contributed by atoms with van der Waals surface area (Å²) in [4.78, 5) is 0. The Morgan fingerprint density at radius 1 is 1.50 bits per heavy atom. The predicted octanol–water partition coefficient (Wildman–Crippen LogP) is 2.01. The number of alkyl halides is 2. The van der Waals surface area contributed by atoms with Gasteiger partial charge in [0, 0.05) is 24.5 Å². The number of hydrogen-bond donors (Lipinski definition) is 1. The third-order valence-electron chi connectivity index (χ3n) is 2.41. The molecular weight excluding hydrogens is 186 g/mol. The second-order valence-electron chi connectivity index (χ2n) is 3.70. The van der Waals surface area contributed by atoms with Crippen molar-refractivity contribution in [2.75, 3.05) is 0 Å². The summed E-state index contributed by atoms with van der Waals surface area (Å²) in [5.41, 5.74) is 0.942. The van der Waals surface area contributed by atoms with E-state index in [4.69, 9.17) is 0 Å². The molecule has 1 N–H and O–H groups in total. The van der Waals surface area contributed by atoms with Crippen molar-refractivity contribution in [2.45, 2.75) is 38.4 Å². The molecular formula is C10H14F2N2. The second-order valence-corrected chi connectivity index (χ2v) is 3.70. The van der Waals surface area contributed by atoms with Crippen molar-refractivity contribution in [3.63, 3.8) is 0 Å². The lowest BCUT2D eigenvalue weighted by atomic mass is 10.4. The average Bonchev–Trinajstić information content (AvgIpc) is 2.85.